The van der Waals surface area contributed by atoms with Crippen molar-refractivity contribution >= 4 is 12.0 Å². The maximum absolute atomic E-state index is 12.2. The summed E-state index contributed by atoms with van der Waals surface area (Å²) in [6, 6.07) is 12.7. The Labute approximate surface area is 148 Å². The van der Waals surface area contributed by atoms with Crippen LogP contribution in [0.1, 0.15) is 24.1 Å². The quantitative estimate of drug-likeness (QED) is 0.782. The van der Waals surface area contributed by atoms with E-state index in [-0.39, 0.29) is 11.9 Å². The van der Waals surface area contributed by atoms with Crippen molar-refractivity contribution in [3.05, 3.63) is 59.7 Å². The number of benzene rings is 2. The molecule has 0 unspecified atom stereocenters. The molecule has 0 aliphatic heterocycles. The van der Waals surface area contributed by atoms with Gasteiger partial charge in [-0.1, -0.05) is 12.1 Å². The van der Waals surface area contributed by atoms with E-state index >= 15 is 0 Å². The van der Waals surface area contributed by atoms with Crippen molar-refractivity contribution in [2.24, 2.45) is 0 Å². The molecule has 0 aliphatic rings. The second-order valence-electron chi connectivity index (χ2n) is 5.44. The highest BCUT2D eigenvalue weighted by Gasteiger charge is 2.14. The first kappa shape index (κ1) is 18.4. The zero-order valence-corrected chi connectivity index (χ0v) is 14.9. The number of hydrogen-bond acceptors (Lipinski definition) is 4. The van der Waals surface area contributed by atoms with E-state index in [1.54, 1.807) is 27.4 Å². The van der Waals surface area contributed by atoms with Crippen LogP contribution < -0.4 is 19.5 Å². The Bertz CT molecular complexity index is 738. The molecular formula is C20H23NO4. The first-order chi connectivity index (χ1) is 12.1. The lowest BCUT2D eigenvalue weighted by atomic mass is 10.1. The first-order valence-corrected chi connectivity index (χ1v) is 7.92. The van der Waals surface area contributed by atoms with Gasteiger partial charge in [0.2, 0.25) is 5.91 Å². The predicted octanol–water partition coefficient (Wildman–Crippen LogP) is 3.60. The van der Waals surface area contributed by atoms with Gasteiger partial charge in [0.15, 0.2) is 0 Å². The highest BCUT2D eigenvalue weighted by atomic mass is 16.5. The molecule has 0 saturated heterocycles. The molecule has 5 heteroatoms. The number of carbonyl (C=O) groups is 1. The zero-order chi connectivity index (χ0) is 18.2. The van der Waals surface area contributed by atoms with Crippen molar-refractivity contribution in [1.29, 1.82) is 0 Å². The van der Waals surface area contributed by atoms with Crippen LogP contribution in [0.4, 0.5) is 0 Å². The lowest BCUT2D eigenvalue weighted by Crippen LogP contribution is -2.25. The molecule has 0 radical (unpaired) electrons. The summed E-state index contributed by atoms with van der Waals surface area (Å²) >= 11 is 0. The summed E-state index contributed by atoms with van der Waals surface area (Å²) in [7, 11) is 4.82. The molecule has 1 atom stereocenters. The van der Waals surface area contributed by atoms with Gasteiger partial charge in [0.05, 0.1) is 27.4 Å². The lowest BCUT2D eigenvalue weighted by Gasteiger charge is -2.17. The molecule has 5 nitrogen and oxygen atoms in total. The van der Waals surface area contributed by atoms with E-state index in [9.17, 15) is 4.79 Å². The molecular weight excluding hydrogens is 318 g/mol. The van der Waals surface area contributed by atoms with Crippen molar-refractivity contribution in [2.45, 2.75) is 13.0 Å². The van der Waals surface area contributed by atoms with E-state index in [4.69, 9.17) is 14.2 Å². The van der Waals surface area contributed by atoms with Gasteiger partial charge in [-0.05, 0) is 48.9 Å². The van der Waals surface area contributed by atoms with Crippen molar-refractivity contribution in [3.63, 3.8) is 0 Å². The van der Waals surface area contributed by atoms with E-state index in [2.05, 4.69) is 5.32 Å². The lowest BCUT2D eigenvalue weighted by molar-refractivity contribution is -0.117. The molecule has 0 heterocycles. The van der Waals surface area contributed by atoms with Crippen LogP contribution in [0.25, 0.3) is 6.08 Å². The minimum absolute atomic E-state index is 0.187. The third kappa shape index (κ3) is 5.01. The summed E-state index contributed by atoms with van der Waals surface area (Å²) in [6.07, 6.45) is 3.26. The van der Waals surface area contributed by atoms with Gasteiger partial charge in [-0.25, -0.2) is 0 Å². The van der Waals surface area contributed by atoms with Crippen molar-refractivity contribution < 1.29 is 19.0 Å². The van der Waals surface area contributed by atoms with Gasteiger partial charge >= 0.3 is 0 Å². The molecule has 0 aromatic heterocycles. The third-order valence-corrected chi connectivity index (χ3v) is 3.81. The summed E-state index contributed by atoms with van der Waals surface area (Å²) < 4.78 is 15.7. The Balaban J connectivity index is 2.05. The minimum Gasteiger partial charge on any atom is -0.497 e. The molecule has 0 fully saturated rings. The summed E-state index contributed by atoms with van der Waals surface area (Å²) in [5.41, 5.74) is 1.77. The van der Waals surface area contributed by atoms with Crippen LogP contribution in [0.3, 0.4) is 0 Å². The van der Waals surface area contributed by atoms with Gasteiger partial charge < -0.3 is 19.5 Å². The van der Waals surface area contributed by atoms with Gasteiger partial charge in [0.1, 0.15) is 17.2 Å². The second kappa shape index (κ2) is 8.78. The second-order valence-corrected chi connectivity index (χ2v) is 5.44. The smallest absolute Gasteiger partial charge is 0.244 e. The van der Waals surface area contributed by atoms with E-state index in [0.29, 0.717) is 11.5 Å². The van der Waals surface area contributed by atoms with Crippen molar-refractivity contribution in [3.8, 4) is 17.2 Å². The third-order valence-electron chi connectivity index (χ3n) is 3.81. The fourth-order valence-corrected chi connectivity index (χ4v) is 2.40. The van der Waals surface area contributed by atoms with Gasteiger partial charge in [-0.3, -0.25) is 4.79 Å². The monoisotopic (exact) mass is 341 g/mol. The molecule has 1 amide bonds. The summed E-state index contributed by atoms with van der Waals surface area (Å²) in [5.74, 6) is 2.01. The molecule has 1 N–H and O–H groups in total. The highest BCUT2D eigenvalue weighted by molar-refractivity contribution is 5.92. The Hall–Kier alpha value is -2.95. The molecule has 25 heavy (non-hydrogen) atoms. The van der Waals surface area contributed by atoms with Crippen LogP contribution >= 0.6 is 0 Å². The van der Waals surface area contributed by atoms with Gasteiger partial charge in [0.25, 0.3) is 0 Å². The molecule has 0 bridgehead atoms. The SMILES string of the molecule is COc1ccc(/C=C/C(=O)N[C@H](C)c2cc(OC)ccc2OC)cc1. The number of amides is 1. The fourth-order valence-electron chi connectivity index (χ4n) is 2.40. The van der Waals surface area contributed by atoms with E-state index in [1.807, 2.05) is 49.4 Å². The summed E-state index contributed by atoms with van der Waals surface area (Å²) in [5, 5.41) is 2.93. The van der Waals surface area contributed by atoms with Crippen LogP contribution in [0.2, 0.25) is 0 Å². The van der Waals surface area contributed by atoms with Crippen molar-refractivity contribution in [2.75, 3.05) is 21.3 Å². The number of carbonyl (C=O) groups excluding carboxylic acids is 1. The van der Waals surface area contributed by atoms with Crippen LogP contribution in [0.5, 0.6) is 17.2 Å². The standard InChI is InChI=1S/C20H23NO4/c1-14(18-13-17(24-3)10-11-19(18)25-4)21-20(22)12-7-15-5-8-16(23-2)9-6-15/h5-14H,1-4H3,(H,21,22)/b12-7+/t14-/m1/s1. The number of ether oxygens (including phenoxy) is 3. The zero-order valence-electron chi connectivity index (χ0n) is 14.9. The van der Waals surface area contributed by atoms with Gasteiger partial charge in [-0.15, -0.1) is 0 Å². The number of hydrogen-bond donors (Lipinski definition) is 1. The number of methoxy groups -OCH3 is 3. The van der Waals surface area contributed by atoms with E-state index < -0.39 is 0 Å². The Kier molecular flexibility index (Phi) is 6.46. The Morgan fingerprint density at radius 1 is 0.960 bits per heavy atom. The maximum Gasteiger partial charge on any atom is 0.244 e. The van der Waals surface area contributed by atoms with Crippen LogP contribution in [-0.2, 0) is 4.79 Å². The van der Waals surface area contributed by atoms with Gasteiger partial charge in [-0.2, -0.15) is 0 Å². The molecule has 2 aromatic carbocycles. The molecule has 132 valence electrons. The average molecular weight is 341 g/mol. The number of nitrogens with one attached hydrogen (secondary N) is 1. The summed E-state index contributed by atoms with van der Waals surface area (Å²) in [4.78, 5) is 12.2. The molecule has 2 rings (SSSR count). The Morgan fingerprint density at radius 3 is 2.20 bits per heavy atom. The van der Waals surface area contributed by atoms with Gasteiger partial charge in [0, 0.05) is 11.6 Å². The maximum atomic E-state index is 12.2. The fraction of sp³-hybridized carbons (Fsp3) is 0.250. The minimum atomic E-state index is -0.224. The average Bonchev–Trinajstić information content (AvgIpc) is 2.66. The molecule has 0 saturated carbocycles. The Morgan fingerprint density at radius 2 is 1.60 bits per heavy atom. The van der Waals surface area contributed by atoms with Crippen molar-refractivity contribution in [1.82, 2.24) is 5.32 Å². The van der Waals surface area contributed by atoms with E-state index in [0.717, 1.165) is 16.9 Å². The van der Waals surface area contributed by atoms with E-state index in [1.165, 1.54) is 6.08 Å². The largest absolute Gasteiger partial charge is 0.497 e. The van der Waals surface area contributed by atoms with Crippen LogP contribution in [-0.4, -0.2) is 27.2 Å². The first-order valence-electron chi connectivity index (χ1n) is 7.92. The molecule has 0 aliphatic carbocycles. The van der Waals surface area contributed by atoms with Crippen LogP contribution in [0, 0.1) is 0 Å². The molecule has 2 aromatic rings. The number of rotatable bonds is 7. The normalized spacial score (nSPS) is 11.8. The summed E-state index contributed by atoms with van der Waals surface area (Å²) in [6.45, 7) is 1.90. The molecule has 0 spiro atoms. The topological polar surface area (TPSA) is 56.8 Å². The highest BCUT2D eigenvalue weighted by Crippen LogP contribution is 2.29. The van der Waals surface area contributed by atoms with Crippen LogP contribution in [0.15, 0.2) is 48.5 Å². The predicted molar refractivity (Wildman–Crippen MR) is 98.1 cm³/mol.